The Kier molecular flexibility index (Phi) is 7.88. The maximum atomic E-state index is 15.0. The highest BCUT2D eigenvalue weighted by atomic mass is 19.1. The maximum Gasteiger partial charge on any atom is 0.414 e. The predicted molar refractivity (Wildman–Crippen MR) is 130 cm³/mol. The van der Waals surface area contributed by atoms with Crippen LogP contribution < -0.4 is 20.4 Å². The summed E-state index contributed by atoms with van der Waals surface area (Å²) in [7, 11) is 0. The van der Waals surface area contributed by atoms with Crippen molar-refractivity contribution in [1.82, 2.24) is 20.5 Å². The Bertz CT molecular complexity index is 1210. The van der Waals surface area contributed by atoms with E-state index >= 15 is 0 Å². The molecule has 0 bridgehead atoms. The number of amides is 4. The van der Waals surface area contributed by atoms with Crippen LogP contribution in [-0.4, -0.2) is 90.9 Å². The summed E-state index contributed by atoms with van der Waals surface area (Å²) >= 11 is 0. The lowest BCUT2D eigenvalue weighted by Gasteiger charge is -2.36. The van der Waals surface area contributed by atoms with Crippen molar-refractivity contribution in [2.24, 2.45) is 0 Å². The van der Waals surface area contributed by atoms with E-state index in [-0.39, 0.29) is 63.1 Å². The molecule has 2 fully saturated rings. The minimum absolute atomic E-state index is 0.0556. The van der Waals surface area contributed by atoms with E-state index in [0.717, 1.165) is 22.7 Å². The number of anilines is 2. The van der Waals surface area contributed by atoms with E-state index in [1.54, 1.807) is 19.1 Å². The van der Waals surface area contributed by atoms with Crippen molar-refractivity contribution in [2.75, 3.05) is 55.6 Å². The third-order valence-electron chi connectivity index (χ3n) is 6.19. The molecule has 2 aliphatic rings. The van der Waals surface area contributed by atoms with Crippen LogP contribution in [0.2, 0.25) is 0 Å². The number of carboxylic acid groups (broad SMARTS) is 1. The zero-order chi connectivity index (χ0) is 27.4. The largest absolute Gasteiger partial charge is 0.465 e. The number of aryl methyl sites for hydroxylation is 1. The number of carbonyl (C=O) groups excluding carboxylic acids is 3. The molecule has 2 saturated heterocycles. The summed E-state index contributed by atoms with van der Waals surface area (Å²) in [6.07, 6.45) is -1.50. The molecule has 1 atom stereocenters. The molecule has 4 amide bonds. The van der Waals surface area contributed by atoms with Gasteiger partial charge in [0.25, 0.3) is 5.91 Å². The van der Waals surface area contributed by atoms with Gasteiger partial charge in [-0.1, -0.05) is 0 Å². The van der Waals surface area contributed by atoms with Gasteiger partial charge >= 0.3 is 12.2 Å². The number of halogens is 2. The molecule has 2 aromatic rings. The average Bonchev–Trinajstić information content (AvgIpc) is 3.26. The summed E-state index contributed by atoms with van der Waals surface area (Å²) < 4.78 is 35.0. The number of rotatable bonds is 7. The van der Waals surface area contributed by atoms with E-state index < -0.39 is 35.8 Å². The number of hydrogen-bond acceptors (Lipinski definition) is 7. The van der Waals surface area contributed by atoms with Crippen LogP contribution in [0, 0.1) is 18.6 Å². The van der Waals surface area contributed by atoms with Gasteiger partial charge in [-0.15, -0.1) is 0 Å². The molecular formula is C24H26F2N6O6. The van der Waals surface area contributed by atoms with Gasteiger partial charge in [-0.05, 0) is 19.1 Å². The van der Waals surface area contributed by atoms with Crippen molar-refractivity contribution in [3.63, 3.8) is 0 Å². The molecule has 14 heteroatoms. The predicted octanol–water partition coefficient (Wildman–Crippen LogP) is 1.34. The Hall–Kier alpha value is -4.49. The topological polar surface area (TPSA) is 144 Å². The molecule has 3 heterocycles. The Morgan fingerprint density at radius 2 is 1.79 bits per heavy atom. The van der Waals surface area contributed by atoms with Crippen LogP contribution in [0.4, 0.5) is 29.7 Å². The Morgan fingerprint density at radius 3 is 2.39 bits per heavy atom. The smallest absolute Gasteiger partial charge is 0.414 e. The number of carbonyl (C=O) groups is 4. The van der Waals surface area contributed by atoms with Gasteiger partial charge in [-0.3, -0.25) is 19.5 Å². The standard InChI is InChI=1S/C24H26F2N6O6/c1-14-2-3-15(10-27-14)22(34)28-12-20(33)30-4-6-31(7-5-30)21-18(25)8-16(9-19(21)26)32-13-17(38-24(32)37)11-29-23(35)36/h2-3,8-10,17,29H,4-7,11-13H2,1H3,(H,28,34)(H,35,36)/t17-/m0/s1. The van der Waals surface area contributed by atoms with Gasteiger partial charge in [0.15, 0.2) is 11.6 Å². The van der Waals surface area contributed by atoms with E-state index in [4.69, 9.17) is 9.84 Å². The highest BCUT2D eigenvalue weighted by Crippen LogP contribution is 2.31. The number of cyclic esters (lactones) is 1. The lowest BCUT2D eigenvalue weighted by molar-refractivity contribution is -0.130. The van der Waals surface area contributed by atoms with E-state index in [0.29, 0.717) is 5.56 Å². The number of aromatic nitrogens is 1. The molecule has 0 aliphatic carbocycles. The highest BCUT2D eigenvalue weighted by Gasteiger charge is 2.34. The van der Waals surface area contributed by atoms with Gasteiger partial charge in [0.05, 0.1) is 30.9 Å². The zero-order valence-corrected chi connectivity index (χ0v) is 20.4. The van der Waals surface area contributed by atoms with E-state index in [1.807, 2.05) is 0 Å². The number of benzene rings is 1. The second-order valence-corrected chi connectivity index (χ2v) is 8.80. The normalized spacial score (nSPS) is 17.3. The molecule has 1 aromatic carbocycles. The summed E-state index contributed by atoms with van der Waals surface area (Å²) in [5, 5.41) is 13.3. The number of piperazine rings is 1. The quantitative estimate of drug-likeness (QED) is 0.485. The third-order valence-corrected chi connectivity index (χ3v) is 6.19. The first-order valence-corrected chi connectivity index (χ1v) is 11.8. The van der Waals surface area contributed by atoms with E-state index in [2.05, 4.69) is 15.6 Å². The second-order valence-electron chi connectivity index (χ2n) is 8.80. The molecule has 2 aliphatic heterocycles. The summed E-state index contributed by atoms with van der Waals surface area (Å²) in [6, 6.07) is 5.32. The molecule has 12 nitrogen and oxygen atoms in total. The van der Waals surface area contributed by atoms with Crippen LogP contribution in [0.1, 0.15) is 16.1 Å². The van der Waals surface area contributed by atoms with Crippen molar-refractivity contribution in [1.29, 1.82) is 0 Å². The van der Waals surface area contributed by atoms with Crippen LogP contribution in [0.15, 0.2) is 30.5 Å². The zero-order valence-electron chi connectivity index (χ0n) is 20.4. The van der Waals surface area contributed by atoms with E-state index in [9.17, 15) is 28.0 Å². The van der Waals surface area contributed by atoms with Gasteiger partial charge in [0.1, 0.15) is 11.8 Å². The van der Waals surface area contributed by atoms with Gasteiger partial charge in [0, 0.05) is 50.2 Å². The molecule has 1 aromatic heterocycles. The number of ether oxygens (including phenoxy) is 1. The maximum absolute atomic E-state index is 15.0. The first-order valence-electron chi connectivity index (χ1n) is 11.8. The summed E-state index contributed by atoms with van der Waals surface area (Å²) in [5.74, 6) is -2.54. The third kappa shape index (κ3) is 6.07. The summed E-state index contributed by atoms with van der Waals surface area (Å²) in [4.78, 5) is 55.6. The number of nitrogens with zero attached hydrogens (tertiary/aromatic N) is 4. The SMILES string of the molecule is Cc1ccc(C(=O)NCC(=O)N2CCN(c3c(F)cc(N4C[C@H](CNC(=O)O)OC4=O)cc3F)CC2)cn1. The van der Waals surface area contributed by atoms with Gasteiger partial charge in [-0.25, -0.2) is 18.4 Å². The number of pyridine rings is 1. The molecule has 0 unspecified atom stereocenters. The Balaban J connectivity index is 1.32. The fraction of sp³-hybridized carbons (Fsp3) is 0.375. The minimum Gasteiger partial charge on any atom is -0.465 e. The van der Waals surface area contributed by atoms with Crippen molar-refractivity contribution < 1.29 is 37.8 Å². The monoisotopic (exact) mass is 532 g/mol. The molecule has 0 spiro atoms. The van der Waals surface area contributed by atoms with Gasteiger partial charge in [-0.2, -0.15) is 0 Å². The summed E-state index contributed by atoms with van der Waals surface area (Å²) in [5.41, 5.74) is 0.755. The average molecular weight is 533 g/mol. The number of nitrogens with one attached hydrogen (secondary N) is 2. The fourth-order valence-corrected chi connectivity index (χ4v) is 4.20. The second kappa shape index (κ2) is 11.3. The fourth-order valence-electron chi connectivity index (χ4n) is 4.20. The van der Waals surface area contributed by atoms with Crippen LogP contribution in [-0.2, 0) is 9.53 Å². The van der Waals surface area contributed by atoms with Crippen molar-refractivity contribution in [3.05, 3.63) is 53.4 Å². The molecule has 4 rings (SSSR count). The molecule has 3 N–H and O–H groups in total. The summed E-state index contributed by atoms with van der Waals surface area (Å²) in [6.45, 7) is 2.04. The van der Waals surface area contributed by atoms with Crippen LogP contribution in [0.25, 0.3) is 0 Å². The molecule has 202 valence electrons. The van der Waals surface area contributed by atoms with Crippen molar-refractivity contribution >= 4 is 35.4 Å². The number of hydrogen-bond donors (Lipinski definition) is 3. The van der Waals surface area contributed by atoms with Crippen molar-refractivity contribution in [2.45, 2.75) is 13.0 Å². The minimum atomic E-state index is -1.28. The molecule has 38 heavy (non-hydrogen) atoms. The van der Waals surface area contributed by atoms with Crippen LogP contribution in [0.5, 0.6) is 0 Å². The lowest BCUT2D eigenvalue weighted by atomic mass is 10.2. The lowest BCUT2D eigenvalue weighted by Crippen LogP contribution is -2.51. The van der Waals surface area contributed by atoms with Crippen molar-refractivity contribution in [3.8, 4) is 0 Å². The first kappa shape index (κ1) is 26.6. The van der Waals surface area contributed by atoms with Gasteiger partial charge in [0.2, 0.25) is 5.91 Å². The first-order chi connectivity index (χ1) is 18.1. The Labute approximate surface area is 216 Å². The van der Waals surface area contributed by atoms with Crippen LogP contribution in [0.3, 0.4) is 0 Å². The molecule has 0 radical (unpaired) electrons. The molecule has 0 saturated carbocycles. The highest BCUT2D eigenvalue weighted by molar-refractivity contribution is 5.96. The van der Waals surface area contributed by atoms with Crippen LogP contribution >= 0.6 is 0 Å². The Morgan fingerprint density at radius 1 is 1.11 bits per heavy atom. The molecular weight excluding hydrogens is 506 g/mol. The van der Waals surface area contributed by atoms with Gasteiger partial charge < -0.3 is 30.3 Å². The van der Waals surface area contributed by atoms with E-state index in [1.165, 1.54) is 16.0 Å².